The third kappa shape index (κ3) is 3.05. The van der Waals surface area contributed by atoms with Gasteiger partial charge in [0.05, 0.1) is 6.61 Å². The average molecular weight is 427 g/mol. The highest BCUT2D eigenvalue weighted by Crippen LogP contribution is 2.55. The Labute approximate surface area is 191 Å². The van der Waals surface area contributed by atoms with Crippen molar-refractivity contribution in [2.45, 2.75) is 25.0 Å². The Balaban J connectivity index is 1.54. The fourth-order valence-corrected chi connectivity index (χ4v) is 5.24. The van der Waals surface area contributed by atoms with Crippen molar-refractivity contribution in [2.75, 3.05) is 37.0 Å². The Kier molecular flexibility index (Phi) is 4.86. The first-order valence-corrected chi connectivity index (χ1v) is 11.3. The van der Waals surface area contributed by atoms with Gasteiger partial charge in [-0.05, 0) is 53.6 Å². The van der Waals surface area contributed by atoms with Gasteiger partial charge in [0.2, 0.25) is 5.69 Å². The van der Waals surface area contributed by atoms with Gasteiger partial charge in [0.15, 0.2) is 11.9 Å². The van der Waals surface area contributed by atoms with Crippen LogP contribution in [0.15, 0.2) is 72.9 Å². The van der Waals surface area contributed by atoms with Crippen LogP contribution in [0.25, 0.3) is 17.3 Å². The minimum Gasteiger partial charge on any atom is -0.378 e. The third-order valence-corrected chi connectivity index (χ3v) is 7.16. The number of ether oxygens (including phenoxy) is 1. The predicted molar refractivity (Wildman–Crippen MR) is 132 cm³/mol. The van der Waals surface area contributed by atoms with Crippen LogP contribution in [0, 0.1) is 0 Å². The summed E-state index contributed by atoms with van der Waals surface area (Å²) < 4.78 is 8.72. The number of rotatable bonds is 4. The molecule has 0 amide bonds. The Morgan fingerprint density at radius 1 is 1.03 bits per heavy atom. The predicted octanol–water partition coefficient (Wildman–Crippen LogP) is 4.78. The van der Waals surface area contributed by atoms with Gasteiger partial charge in [-0.3, -0.25) is 0 Å². The first kappa shape index (κ1) is 20.8. The number of hydrogen-bond donors (Lipinski definition) is 0. The summed E-state index contributed by atoms with van der Waals surface area (Å²) in [7, 11) is 6.23. The van der Waals surface area contributed by atoms with E-state index in [0.717, 1.165) is 13.2 Å². The summed E-state index contributed by atoms with van der Waals surface area (Å²) in [6.45, 7) is 6.26. The zero-order valence-corrected chi connectivity index (χ0v) is 19.7. The number of pyridine rings is 1. The van der Waals surface area contributed by atoms with Crippen molar-refractivity contribution in [3.63, 3.8) is 0 Å². The molecule has 1 unspecified atom stereocenters. The normalized spacial score (nSPS) is 21.1. The lowest BCUT2D eigenvalue weighted by Crippen LogP contribution is -2.51. The van der Waals surface area contributed by atoms with Gasteiger partial charge in [0.1, 0.15) is 7.05 Å². The van der Waals surface area contributed by atoms with E-state index in [4.69, 9.17) is 4.74 Å². The Hall–Kier alpha value is -3.11. The number of anilines is 2. The van der Waals surface area contributed by atoms with Crippen molar-refractivity contribution in [2.24, 2.45) is 7.05 Å². The van der Waals surface area contributed by atoms with E-state index in [-0.39, 0.29) is 5.41 Å². The fourth-order valence-electron chi connectivity index (χ4n) is 5.24. The number of hydrogen-bond acceptors (Lipinski definition) is 3. The summed E-state index contributed by atoms with van der Waals surface area (Å²) in [6, 6.07) is 21.9. The van der Waals surface area contributed by atoms with E-state index in [2.05, 4.69) is 128 Å². The van der Waals surface area contributed by atoms with Crippen molar-refractivity contribution < 1.29 is 9.30 Å². The minimum absolute atomic E-state index is 0.192. The SMILES string of the molecule is CN(C)c1ccc(/C=C\C23OCCN2c2ccc(-c4cccc[n+]4C)cc2C3(C)C)cc1. The third-order valence-electron chi connectivity index (χ3n) is 7.16. The molecule has 1 fully saturated rings. The van der Waals surface area contributed by atoms with Crippen molar-refractivity contribution in [1.82, 2.24) is 0 Å². The second-order valence-corrected chi connectivity index (χ2v) is 9.57. The monoisotopic (exact) mass is 426 g/mol. The summed E-state index contributed by atoms with van der Waals surface area (Å²) in [5.41, 5.74) is 6.78. The van der Waals surface area contributed by atoms with Gasteiger partial charge in [-0.25, -0.2) is 4.57 Å². The standard InChI is InChI=1S/C28H32N3O/c1-27(2)24-20-22(25-8-6-7-17-30(25)5)11-14-26(24)31-18-19-32-28(27,31)16-15-21-9-12-23(13-10-21)29(3)4/h6-17,20H,18-19H2,1-5H3/q+1/b16-15-. The van der Waals surface area contributed by atoms with E-state index < -0.39 is 5.72 Å². The van der Waals surface area contributed by atoms with E-state index in [1.165, 1.54) is 33.8 Å². The van der Waals surface area contributed by atoms with Crippen LogP contribution >= 0.6 is 0 Å². The highest BCUT2D eigenvalue weighted by molar-refractivity contribution is 5.74. The molecular formula is C28H32N3O+. The molecule has 2 aliphatic heterocycles. The zero-order valence-electron chi connectivity index (χ0n) is 19.7. The van der Waals surface area contributed by atoms with Crippen molar-refractivity contribution in [3.05, 3.63) is 84.1 Å². The molecule has 1 atom stereocenters. The van der Waals surface area contributed by atoms with Crippen LogP contribution in [0.2, 0.25) is 0 Å². The van der Waals surface area contributed by atoms with Crippen LogP contribution in [0.1, 0.15) is 25.0 Å². The molecule has 5 rings (SSSR count). The van der Waals surface area contributed by atoms with E-state index in [1.54, 1.807) is 0 Å². The van der Waals surface area contributed by atoms with Gasteiger partial charge >= 0.3 is 0 Å². The fraction of sp³-hybridized carbons (Fsp3) is 0.321. The van der Waals surface area contributed by atoms with E-state index in [0.29, 0.717) is 0 Å². The van der Waals surface area contributed by atoms with Gasteiger partial charge in [0, 0.05) is 55.1 Å². The number of fused-ring (bicyclic) bond motifs is 3. The summed E-state index contributed by atoms with van der Waals surface area (Å²) >= 11 is 0. The first-order valence-electron chi connectivity index (χ1n) is 11.3. The van der Waals surface area contributed by atoms with Crippen LogP contribution in [-0.4, -0.2) is 33.0 Å². The Morgan fingerprint density at radius 3 is 2.53 bits per heavy atom. The van der Waals surface area contributed by atoms with E-state index in [9.17, 15) is 0 Å². The van der Waals surface area contributed by atoms with Crippen LogP contribution in [0.4, 0.5) is 11.4 Å². The van der Waals surface area contributed by atoms with Gasteiger partial charge in [-0.2, -0.15) is 0 Å². The smallest absolute Gasteiger partial charge is 0.212 e. The van der Waals surface area contributed by atoms with Gasteiger partial charge in [-0.15, -0.1) is 0 Å². The second kappa shape index (κ2) is 7.49. The molecular weight excluding hydrogens is 394 g/mol. The van der Waals surface area contributed by atoms with Crippen LogP contribution in [0.5, 0.6) is 0 Å². The maximum absolute atomic E-state index is 6.54. The summed E-state index contributed by atoms with van der Waals surface area (Å²) in [5.74, 6) is 0. The van der Waals surface area contributed by atoms with Crippen LogP contribution < -0.4 is 14.4 Å². The Bertz CT molecular complexity index is 1180. The zero-order chi connectivity index (χ0) is 22.5. The quantitative estimate of drug-likeness (QED) is 0.560. The van der Waals surface area contributed by atoms with Crippen molar-refractivity contribution >= 4 is 17.5 Å². The molecule has 2 aromatic carbocycles. The van der Waals surface area contributed by atoms with E-state index >= 15 is 0 Å². The minimum atomic E-state index is -0.479. The van der Waals surface area contributed by atoms with Gasteiger partial charge in [-0.1, -0.05) is 32.1 Å². The van der Waals surface area contributed by atoms with Gasteiger partial charge < -0.3 is 14.5 Å². The molecule has 1 aromatic heterocycles. The number of nitrogens with zero attached hydrogens (tertiary/aromatic N) is 3. The Morgan fingerprint density at radius 2 is 1.81 bits per heavy atom. The molecule has 0 bridgehead atoms. The molecule has 0 radical (unpaired) electrons. The lowest BCUT2D eigenvalue weighted by atomic mass is 9.76. The first-order chi connectivity index (χ1) is 15.3. The largest absolute Gasteiger partial charge is 0.378 e. The van der Waals surface area contributed by atoms with Crippen molar-refractivity contribution in [1.29, 1.82) is 0 Å². The molecule has 32 heavy (non-hydrogen) atoms. The number of benzene rings is 2. The number of aryl methyl sites for hydroxylation is 1. The maximum Gasteiger partial charge on any atom is 0.212 e. The average Bonchev–Trinajstić information content (AvgIpc) is 3.30. The number of aromatic nitrogens is 1. The molecule has 2 aliphatic rings. The lowest BCUT2D eigenvalue weighted by Gasteiger charge is -2.39. The lowest BCUT2D eigenvalue weighted by molar-refractivity contribution is -0.660. The summed E-state index contributed by atoms with van der Waals surface area (Å²) in [5, 5.41) is 0. The maximum atomic E-state index is 6.54. The molecule has 3 aromatic rings. The molecule has 3 heterocycles. The topological polar surface area (TPSA) is 19.6 Å². The summed E-state index contributed by atoms with van der Waals surface area (Å²) in [4.78, 5) is 4.57. The molecule has 4 heteroatoms. The molecule has 0 spiro atoms. The van der Waals surface area contributed by atoms with Crippen molar-refractivity contribution in [3.8, 4) is 11.3 Å². The second-order valence-electron chi connectivity index (χ2n) is 9.57. The van der Waals surface area contributed by atoms with Crippen LogP contribution in [-0.2, 0) is 17.2 Å². The molecule has 0 aliphatic carbocycles. The molecule has 1 saturated heterocycles. The molecule has 164 valence electrons. The van der Waals surface area contributed by atoms with E-state index in [1.807, 2.05) is 0 Å². The molecule has 0 N–H and O–H groups in total. The van der Waals surface area contributed by atoms with Crippen LogP contribution in [0.3, 0.4) is 0 Å². The summed E-state index contributed by atoms with van der Waals surface area (Å²) in [6.07, 6.45) is 6.58. The highest BCUT2D eigenvalue weighted by Gasteiger charge is 2.59. The molecule has 0 saturated carbocycles. The highest BCUT2D eigenvalue weighted by atomic mass is 16.5. The van der Waals surface area contributed by atoms with Gasteiger partial charge in [0.25, 0.3) is 0 Å². The molecule has 4 nitrogen and oxygen atoms in total.